The molecule has 19 heavy (non-hydrogen) atoms. The number of hydrogen-bond donors (Lipinski definition) is 2. The van der Waals surface area contributed by atoms with E-state index in [1.807, 2.05) is 19.1 Å². The number of carbonyl (C=O) groups excluding carboxylic acids is 1. The first-order valence-corrected chi connectivity index (χ1v) is 6.49. The van der Waals surface area contributed by atoms with Gasteiger partial charge in [-0.1, -0.05) is 25.5 Å². The van der Waals surface area contributed by atoms with E-state index in [4.69, 9.17) is 10.5 Å². The van der Waals surface area contributed by atoms with Crippen LogP contribution in [-0.4, -0.2) is 26.2 Å². The van der Waals surface area contributed by atoms with E-state index in [9.17, 15) is 4.79 Å². The van der Waals surface area contributed by atoms with Gasteiger partial charge in [0.1, 0.15) is 0 Å². The third-order valence-corrected chi connectivity index (χ3v) is 3.16. The van der Waals surface area contributed by atoms with E-state index in [1.54, 1.807) is 13.2 Å². The number of nitrogens with two attached hydrogens (primary N) is 1. The van der Waals surface area contributed by atoms with Gasteiger partial charge in [0.15, 0.2) is 0 Å². The molecule has 1 aromatic rings. The van der Waals surface area contributed by atoms with E-state index in [0.29, 0.717) is 24.4 Å². The van der Waals surface area contributed by atoms with Gasteiger partial charge in [0.2, 0.25) is 0 Å². The molecule has 106 valence electrons. The number of nitrogens with one attached hydrogen (secondary N) is 1. The van der Waals surface area contributed by atoms with Crippen LogP contribution in [0.25, 0.3) is 0 Å². The number of aryl methyl sites for hydroxylation is 1. The van der Waals surface area contributed by atoms with E-state index < -0.39 is 0 Å². The molecule has 1 aromatic carbocycles. The summed E-state index contributed by atoms with van der Waals surface area (Å²) in [5.74, 6) is -0.119. The maximum absolute atomic E-state index is 12.1. The summed E-state index contributed by atoms with van der Waals surface area (Å²) in [4.78, 5) is 12.1. The summed E-state index contributed by atoms with van der Waals surface area (Å²) in [6.45, 7) is 7.44. The fourth-order valence-corrected chi connectivity index (χ4v) is 1.75. The van der Waals surface area contributed by atoms with Crippen molar-refractivity contribution in [2.45, 2.75) is 27.2 Å². The van der Waals surface area contributed by atoms with E-state index >= 15 is 0 Å². The van der Waals surface area contributed by atoms with Crippen molar-refractivity contribution in [1.29, 1.82) is 0 Å². The van der Waals surface area contributed by atoms with Gasteiger partial charge < -0.3 is 15.8 Å². The number of carbonyl (C=O) groups is 1. The molecule has 3 N–H and O–H groups in total. The SMILES string of the molecule is COCCC(C)(C)CNC(=O)c1cc(C)ccc1N. The van der Waals surface area contributed by atoms with Gasteiger partial charge in [-0.05, 0) is 30.9 Å². The van der Waals surface area contributed by atoms with Crippen LogP contribution >= 0.6 is 0 Å². The highest BCUT2D eigenvalue weighted by atomic mass is 16.5. The Morgan fingerprint density at radius 3 is 2.74 bits per heavy atom. The monoisotopic (exact) mass is 264 g/mol. The van der Waals surface area contributed by atoms with Crippen molar-refractivity contribution in [3.05, 3.63) is 29.3 Å². The molecule has 0 saturated carbocycles. The van der Waals surface area contributed by atoms with Crippen LogP contribution in [-0.2, 0) is 4.74 Å². The summed E-state index contributed by atoms with van der Waals surface area (Å²) in [6, 6.07) is 5.47. The zero-order chi connectivity index (χ0) is 14.5. The predicted octanol–water partition coefficient (Wildman–Crippen LogP) is 2.37. The number of amides is 1. The fraction of sp³-hybridized carbons (Fsp3) is 0.533. The Morgan fingerprint density at radius 2 is 2.11 bits per heavy atom. The van der Waals surface area contributed by atoms with Gasteiger partial charge in [0.25, 0.3) is 5.91 Å². The predicted molar refractivity (Wildman–Crippen MR) is 78.2 cm³/mol. The lowest BCUT2D eigenvalue weighted by molar-refractivity contribution is 0.0921. The number of nitrogen functional groups attached to an aromatic ring is 1. The Balaban J connectivity index is 2.62. The zero-order valence-corrected chi connectivity index (χ0v) is 12.2. The van der Waals surface area contributed by atoms with E-state index in [2.05, 4.69) is 19.2 Å². The van der Waals surface area contributed by atoms with Crippen molar-refractivity contribution in [3.8, 4) is 0 Å². The molecule has 1 amide bonds. The third kappa shape index (κ3) is 4.91. The van der Waals surface area contributed by atoms with Crippen LogP contribution in [0.5, 0.6) is 0 Å². The summed E-state index contributed by atoms with van der Waals surface area (Å²) >= 11 is 0. The molecule has 0 fully saturated rings. The van der Waals surface area contributed by atoms with E-state index in [-0.39, 0.29) is 11.3 Å². The standard InChI is InChI=1S/C15H24N2O2/c1-11-5-6-13(16)12(9-11)14(18)17-10-15(2,3)7-8-19-4/h5-6,9H,7-8,10,16H2,1-4H3,(H,17,18). The third-order valence-electron chi connectivity index (χ3n) is 3.16. The number of methoxy groups -OCH3 is 1. The Kier molecular flexibility index (Phi) is 5.36. The normalized spacial score (nSPS) is 11.4. The average Bonchev–Trinajstić information content (AvgIpc) is 2.36. The molecule has 0 aliphatic heterocycles. The highest BCUT2D eigenvalue weighted by Crippen LogP contribution is 2.19. The molecule has 0 aliphatic rings. The van der Waals surface area contributed by atoms with Gasteiger partial charge in [0.05, 0.1) is 5.56 Å². The molecule has 0 unspecified atom stereocenters. The molecule has 4 nitrogen and oxygen atoms in total. The molecule has 1 rings (SSSR count). The van der Waals surface area contributed by atoms with Crippen LogP contribution in [0.4, 0.5) is 5.69 Å². The molecule has 4 heteroatoms. The molecular formula is C15H24N2O2. The van der Waals surface area contributed by atoms with Gasteiger partial charge in [-0.15, -0.1) is 0 Å². The topological polar surface area (TPSA) is 64.3 Å². The molecule has 0 saturated heterocycles. The van der Waals surface area contributed by atoms with Gasteiger partial charge in [-0.25, -0.2) is 0 Å². The van der Waals surface area contributed by atoms with Crippen LogP contribution in [0.15, 0.2) is 18.2 Å². The maximum atomic E-state index is 12.1. The Morgan fingerprint density at radius 1 is 1.42 bits per heavy atom. The summed E-state index contributed by atoms with van der Waals surface area (Å²) < 4.78 is 5.07. The summed E-state index contributed by atoms with van der Waals surface area (Å²) in [7, 11) is 1.68. The molecule has 0 radical (unpaired) electrons. The maximum Gasteiger partial charge on any atom is 0.253 e. The van der Waals surface area contributed by atoms with Crippen molar-refractivity contribution in [3.63, 3.8) is 0 Å². The largest absolute Gasteiger partial charge is 0.398 e. The number of rotatable bonds is 6. The minimum Gasteiger partial charge on any atom is -0.398 e. The van der Waals surface area contributed by atoms with Gasteiger partial charge in [-0.2, -0.15) is 0 Å². The quantitative estimate of drug-likeness (QED) is 0.775. The van der Waals surface area contributed by atoms with Gasteiger partial charge in [-0.3, -0.25) is 4.79 Å². The van der Waals surface area contributed by atoms with Crippen molar-refractivity contribution in [2.24, 2.45) is 5.41 Å². The van der Waals surface area contributed by atoms with Crippen LogP contribution in [0.2, 0.25) is 0 Å². The lowest BCUT2D eigenvalue weighted by atomic mass is 9.89. The number of hydrogen-bond acceptors (Lipinski definition) is 3. The lowest BCUT2D eigenvalue weighted by Gasteiger charge is -2.24. The minimum absolute atomic E-state index is 0.00422. The van der Waals surface area contributed by atoms with Crippen molar-refractivity contribution in [2.75, 3.05) is 26.0 Å². The molecule has 0 atom stereocenters. The van der Waals surface area contributed by atoms with Crippen LogP contribution in [0.3, 0.4) is 0 Å². The molecule has 0 bridgehead atoms. The summed E-state index contributed by atoms with van der Waals surface area (Å²) in [5.41, 5.74) is 7.92. The number of benzene rings is 1. The van der Waals surface area contributed by atoms with Crippen LogP contribution in [0, 0.1) is 12.3 Å². The molecule has 0 aromatic heterocycles. The summed E-state index contributed by atoms with van der Waals surface area (Å²) in [5, 5.41) is 2.94. The molecule has 0 spiro atoms. The second-order valence-corrected chi connectivity index (χ2v) is 5.68. The minimum atomic E-state index is -0.119. The van der Waals surface area contributed by atoms with Crippen LogP contribution < -0.4 is 11.1 Å². The lowest BCUT2D eigenvalue weighted by Crippen LogP contribution is -2.35. The Bertz CT molecular complexity index is 442. The second kappa shape index (κ2) is 6.57. The number of ether oxygens (including phenoxy) is 1. The first-order valence-electron chi connectivity index (χ1n) is 6.49. The summed E-state index contributed by atoms with van der Waals surface area (Å²) in [6.07, 6.45) is 0.896. The first kappa shape index (κ1) is 15.5. The second-order valence-electron chi connectivity index (χ2n) is 5.68. The Hall–Kier alpha value is -1.55. The highest BCUT2D eigenvalue weighted by Gasteiger charge is 2.19. The zero-order valence-electron chi connectivity index (χ0n) is 12.2. The van der Waals surface area contributed by atoms with E-state index in [1.165, 1.54) is 0 Å². The van der Waals surface area contributed by atoms with Gasteiger partial charge in [0, 0.05) is 25.9 Å². The Labute approximate surface area is 115 Å². The first-order chi connectivity index (χ1) is 8.85. The number of anilines is 1. The average molecular weight is 264 g/mol. The molecule has 0 aliphatic carbocycles. The molecular weight excluding hydrogens is 240 g/mol. The smallest absolute Gasteiger partial charge is 0.253 e. The fourth-order valence-electron chi connectivity index (χ4n) is 1.75. The van der Waals surface area contributed by atoms with Crippen molar-refractivity contribution < 1.29 is 9.53 Å². The van der Waals surface area contributed by atoms with Crippen molar-refractivity contribution in [1.82, 2.24) is 5.32 Å². The highest BCUT2D eigenvalue weighted by molar-refractivity contribution is 5.99. The van der Waals surface area contributed by atoms with E-state index in [0.717, 1.165) is 12.0 Å². The van der Waals surface area contributed by atoms with Crippen LogP contribution in [0.1, 0.15) is 36.2 Å². The van der Waals surface area contributed by atoms with Gasteiger partial charge >= 0.3 is 0 Å². The van der Waals surface area contributed by atoms with Crippen molar-refractivity contribution >= 4 is 11.6 Å². The molecule has 0 heterocycles.